The van der Waals surface area contributed by atoms with Crippen LogP contribution in [0.3, 0.4) is 0 Å². The molecule has 2 aromatic rings. The number of methoxy groups -OCH3 is 1. The minimum atomic E-state index is -0.0933. The van der Waals surface area contributed by atoms with E-state index in [0.717, 1.165) is 12.0 Å². The summed E-state index contributed by atoms with van der Waals surface area (Å²) < 4.78 is 5.08. The molecule has 0 atom stereocenters. The molecule has 2 N–H and O–H groups in total. The van der Waals surface area contributed by atoms with E-state index in [0.29, 0.717) is 23.5 Å². The Kier molecular flexibility index (Phi) is 4.77. The molecule has 0 fully saturated rings. The lowest BCUT2D eigenvalue weighted by Crippen LogP contribution is -2.29. The van der Waals surface area contributed by atoms with Crippen LogP contribution < -0.4 is 10.5 Å². The van der Waals surface area contributed by atoms with Crippen LogP contribution in [0.25, 0.3) is 0 Å². The molecule has 110 valence electrons. The van der Waals surface area contributed by atoms with E-state index in [1.807, 2.05) is 12.1 Å². The molecule has 5 nitrogen and oxygen atoms in total. The number of ether oxygens (including phenoxy) is 1. The van der Waals surface area contributed by atoms with E-state index in [1.165, 1.54) is 0 Å². The van der Waals surface area contributed by atoms with Gasteiger partial charge in [0, 0.05) is 37.7 Å². The molecule has 0 aliphatic heterocycles. The molecular weight excluding hydrogens is 266 g/mol. The van der Waals surface area contributed by atoms with Gasteiger partial charge < -0.3 is 15.4 Å². The fourth-order valence-electron chi connectivity index (χ4n) is 2.02. The third kappa shape index (κ3) is 3.72. The number of amides is 1. The second-order valence-corrected chi connectivity index (χ2v) is 4.79. The van der Waals surface area contributed by atoms with Crippen LogP contribution in [0, 0.1) is 0 Å². The lowest BCUT2D eigenvalue weighted by molar-refractivity contribution is 0.0797. The van der Waals surface area contributed by atoms with Crippen molar-refractivity contribution in [3.05, 3.63) is 53.9 Å². The lowest BCUT2D eigenvalue weighted by atomic mass is 10.1. The number of nitrogens with zero attached hydrogens (tertiary/aromatic N) is 2. The van der Waals surface area contributed by atoms with Crippen LogP contribution in [-0.2, 0) is 6.42 Å². The molecule has 21 heavy (non-hydrogen) atoms. The van der Waals surface area contributed by atoms with Crippen molar-refractivity contribution in [3.8, 4) is 5.75 Å². The predicted octanol–water partition coefficient (Wildman–Crippen LogP) is 1.99. The molecule has 1 aromatic heterocycles. The molecule has 1 aromatic carbocycles. The van der Waals surface area contributed by atoms with Gasteiger partial charge in [-0.1, -0.05) is 0 Å². The number of benzene rings is 1. The van der Waals surface area contributed by atoms with Crippen LogP contribution in [0.1, 0.15) is 15.9 Å². The first kappa shape index (κ1) is 14.8. The SMILES string of the molecule is COc1ccc(C(=O)N(C)CCc2ccncc2)c(N)c1. The number of hydrogen-bond donors (Lipinski definition) is 1. The molecule has 0 bridgehead atoms. The maximum atomic E-state index is 12.4. The van der Waals surface area contributed by atoms with Crippen LogP contribution in [0.4, 0.5) is 5.69 Å². The normalized spacial score (nSPS) is 10.2. The highest BCUT2D eigenvalue weighted by atomic mass is 16.5. The van der Waals surface area contributed by atoms with E-state index >= 15 is 0 Å². The Bertz CT molecular complexity index is 614. The fraction of sp³-hybridized carbons (Fsp3) is 0.250. The fourth-order valence-corrected chi connectivity index (χ4v) is 2.02. The molecule has 0 spiro atoms. The zero-order valence-electron chi connectivity index (χ0n) is 12.2. The van der Waals surface area contributed by atoms with Gasteiger partial charge in [-0.3, -0.25) is 9.78 Å². The van der Waals surface area contributed by atoms with E-state index in [-0.39, 0.29) is 5.91 Å². The monoisotopic (exact) mass is 285 g/mol. The Hall–Kier alpha value is -2.56. The van der Waals surface area contributed by atoms with E-state index in [1.54, 1.807) is 49.7 Å². The minimum absolute atomic E-state index is 0.0933. The number of aromatic nitrogens is 1. The van der Waals surface area contributed by atoms with Crippen LogP contribution in [-0.4, -0.2) is 36.5 Å². The summed E-state index contributed by atoms with van der Waals surface area (Å²) in [4.78, 5) is 18.0. The Labute approximate surface area is 124 Å². The van der Waals surface area contributed by atoms with E-state index in [4.69, 9.17) is 10.5 Å². The topological polar surface area (TPSA) is 68.5 Å². The zero-order chi connectivity index (χ0) is 15.2. The van der Waals surface area contributed by atoms with Gasteiger partial charge in [-0.15, -0.1) is 0 Å². The van der Waals surface area contributed by atoms with Gasteiger partial charge in [0.25, 0.3) is 5.91 Å². The van der Waals surface area contributed by atoms with Crippen LogP contribution in [0.2, 0.25) is 0 Å². The second kappa shape index (κ2) is 6.74. The minimum Gasteiger partial charge on any atom is -0.497 e. The number of carbonyl (C=O) groups is 1. The quantitative estimate of drug-likeness (QED) is 0.853. The van der Waals surface area contributed by atoms with E-state index in [9.17, 15) is 4.79 Å². The van der Waals surface area contributed by atoms with Crippen molar-refractivity contribution in [3.63, 3.8) is 0 Å². The summed E-state index contributed by atoms with van der Waals surface area (Å²) in [5.41, 5.74) is 7.97. The summed E-state index contributed by atoms with van der Waals surface area (Å²) in [7, 11) is 3.34. The smallest absolute Gasteiger partial charge is 0.255 e. The molecular formula is C16H19N3O2. The van der Waals surface area contributed by atoms with Crippen molar-refractivity contribution >= 4 is 11.6 Å². The highest BCUT2D eigenvalue weighted by molar-refractivity contribution is 5.99. The predicted molar refractivity (Wildman–Crippen MR) is 82.3 cm³/mol. The summed E-state index contributed by atoms with van der Waals surface area (Å²) in [5, 5.41) is 0. The van der Waals surface area contributed by atoms with Gasteiger partial charge in [0.05, 0.1) is 12.7 Å². The first-order chi connectivity index (χ1) is 10.1. The van der Waals surface area contributed by atoms with Gasteiger partial charge in [-0.25, -0.2) is 0 Å². The van der Waals surface area contributed by atoms with E-state index < -0.39 is 0 Å². The number of pyridine rings is 1. The number of nitrogens with two attached hydrogens (primary N) is 1. The van der Waals surface area contributed by atoms with Crippen LogP contribution in [0.5, 0.6) is 5.75 Å². The van der Waals surface area contributed by atoms with Gasteiger partial charge in [0.15, 0.2) is 0 Å². The molecule has 0 radical (unpaired) electrons. The number of anilines is 1. The maximum Gasteiger partial charge on any atom is 0.255 e. The molecule has 0 aliphatic rings. The number of likely N-dealkylation sites (N-methyl/N-ethyl adjacent to an activating group) is 1. The Morgan fingerprint density at radius 2 is 2.00 bits per heavy atom. The van der Waals surface area contributed by atoms with Gasteiger partial charge in [-0.2, -0.15) is 0 Å². The standard InChI is InChI=1S/C16H19N3O2/c1-19(10-7-12-5-8-18-9-6-12)16(20)14-4-3-13(21-2)11-15(14)17/h3-6,8-9,11H,7,10,17H2,1-2H3. The molecule has 1 heterocycles. The van der Waals surface area contributed by atoms with Gasteiger partial charge >= 0.3 is 0 Å². The van der Waals surface area contributed by atoms with Crippen molar-refractivity contribution in [2.75, 3.05) is 26.4 Å². The number of rotatable bonds is 5. The van der Waals surface area contributed by atoms with Crippen molar-refractivity contribution in [2.45, 2.75) is 6.42 Å². The van der Waals surface area contributed by atoms with Gasteiger partial charge in [0.1, 0.15) is 5.75 Å². The van der Waals surface area contributed by atoms with E-state index in [2.05, 4.69) is 4.98 Å². The number of hydrogen-bond acceptors (Lipinski definition) is 4. The highest BCUT2D eigenvalue weighted by Crippen LogP contribution is 2.20. The third-order valence-electron chi connectivity index (χ3n) is 3.32. The maximum absolute atomic E-state index is 12.4. The first-order valence-electron chi connectivity index (χ1n) is 6.69. The molecule has 1 amide bonds. The Morgan fingerprint density at radius 1 is 1.29 bits per heavy atom. The van der Waals surface area contributed by atoms with Crippen molar-refractivity contribution < 1.29 is 9.53 Å². The summed E-state index contributed by atoms with van der Waals surface area (Å²) in [6.07, 6.45) is 4.28. The summed E-state index contributed by atoms with van der Waals surface area (Å²) in [6.45, 7) is 0.619. The summed E-state index contributed by atoms with van der Waals surface area (Å²) in [5.74, 6) is 0.549. The van der Waals surface area contributed by atoms with Gasteiger partial charge in [0.2, 0.25) is 0 Å². The largest absolute Gasteiger partial charge is 0.497 e. The average Bonchev–Trinajstić information content (AvgIpc) is 2.52. The zero-order valence-corrected chi connectivity index (χ0v) is 12.2. The highest BCUT2D eigenvalue weighted by Gasteiger charge is 2.15. The van der Waals surface area contributed by atoms with Crippen molar-refractivity contribution in [1.82, 2.24) is 9.88 Å². The van der Waals surface area contributed by atoms with Crippen LogP contribution in [0.15, 0.2) is 42.7 Å². The summed E-state index contributed by atoms with van der Waals surface area (Å²) >= 11 is 0. The van der Waals surface area contributed by atoms with Gasteiger partial charge in [-0.05, 0) is 36.2 Å². The molecule has 0 unspecified atom stereocenters. The number of carbonyl (C=O) groups excluding carboxylic acids is 1. The van der Waals surface area contributed by atoms with Crippen molar-refractivity contribution in [2.24, 2.45) is 0 Å². The second-order valence-electron chi connectivity index (χ2n) is 4.79. The summed E-state index contributed by atoms with van der Waals surface area (Å²) in [6, 6.07) is 8.98. The molecule has 0 aliphatic carbocycles. The molecule has 0 saturated carbocycles. The average molecular weight is 285 g/mol. The van der Waals surface area contributed by atoms with Crippen molar-refractivity contribution in [1.29, 1.82) is 0 Å². The Balaban J connectivity index is 2.02. The molecule has 0 saturated heterocycles. The Morgan fingerprint density at radius 3 is 2.62 bits per heavy atom. The lowest BCUT2D eigenvalue weighted by Gasteiger charge is -2.18. The first-order valence-corrected chi connectivity index (χ1v) is 6.69. The van der Waals surface area contributed by atoms with Crippen LogP contribution >= 0.6 is 0 Å². The third-order valence-corrected chi connectivity index (χ3v) is 3.32. The number of nitrogen functional groups attached to an aromatic ring is 1. The molecule has 2 rings (SSSR count). The molecule has 5 heteroatoms.